The first-order valence-corrected chi connectivity index (χ1v) is 19.6. The number of hydrogen-bond acceptors (Lipinski definition) is 9. The van der Waals surface area contributed by atoms with E-state index in [2.05, 4.69) is 40.9 Å². The fourth-order valence-corrected chi connectivity index (χ4v) is 7.53. The maximum absolute atomic E-state index is 12.5. The van der Waals surface area contributed by atoms with Crippen molar-refractivity contribution in [1.82, 2.24) is 55.2 Å². The summed E-state index contributed by atoms with van der Waals surface area (Å²) in [6.45, 7) is 2.76. The second-order valence-corrected chi connectivity index (χ2v) is 14.4. The number of aromatic nitrogens is 6. The van der Waals surface area contributed by atoms with Gasteiger partial charge in [0.15, 0.2) is 11.6 Å². The third-order valence-corrected chi connectivity index (χ3v) is 10.6. The first-order chi connectivity index (χ1) is 28.3. The molecule has 3 N–H and O–H groups in total. The molecule has 15 nitrogen and oxygen atoms in total. The largest absolute Gasteiger partial charge is 0.341 e. The average molecular weight is 781 g/mol. The predicted octanol–water partition coefficient (Wildman–Crippen LogP) is 6.09. The van der Waals surface area contributed by atoms with E-state index in [0.29, 0.717) is 36.4 Å². The van der Waals surface area contributed by atoms with Crippen molar-refractivity contribution >= 4 is 29.4 Å². The van der Waals surface area contributed by atoms with E-state index in [-0.39, 0.29) is 24.0 Å². The summed E-state index contributed by atoms with van der Waals surface area (Å²) >= 11 is 0. The highest BCUT2D eigenvalue weighted by molar-refractivity contribution is 6.00. The number of nitrogens with zero attached hydrogens (tertiary/aromatic N) is 9. The molecule has 0 bridgehead atoms. The Labute approximate surface area is 337 Å². The van der Waals surface area contributed by atoms with Crippen LogP contribution >= 0.6 is 0 Å². The van der Waals surface area contributed by atoms with Crippen molar-refractivity contribution < 1.29 is 14.4 Å². The van der Waals surface area contributed by atoms with Crippen molar-refractivity contribution in [2.24, 2.45) is 10.9 Å². The van der Waals surface area contributed by atoms with E-state index in [0.717, 1.165) is 84.6 Å². The van der Waals surface area contributed by atoms with Crippen LogP contribution in [0.25, 0.3) is 39.6 Å². The van der Waals surface area contributed by atoms with Crippen molar-refractivity contribution in [2.45, 2.75) is 38.0 Å². The van der Waals surface area contributed by atoms with Crippen LogP contribution in [-0.2, 0) is 0 Å². The van der Waals surface area contributed by atoms with E-state index in [1.165, 1.54) is 4.57 Å². The molecular weight excluding hydrogens is 733 g/mol. The van der Waals surface area contributed by atoms with Gasteiger partial charge in [0, 0.05) is 131 Å². The number of carbonyl (C=O) groups excluding carboxylic acids is 3. The van der Waals surface area contributed by atoms with E-state index in [4.69, 9.17) is 4.98 Å². The molecule has 0 saturated carbocycles. The van der Waals surface area contributed by atoms with Crippen LogP contribution in [0.2, 0.25) is 0 Å². The lowest BCUT2D eigenvalue weighted by molar-refractivity contribution is 0.179. The normalized spacial score (nSPS) is 17.6. The number of carbonyl (C=O) groups is 3. The molecule has 5 aromatic rings. The highest BCUT2D eigenvalue weighted by Gasteiger charge is 2.30. The number of rotatable bonds is 6. The molecule has 2 atom stereocenters. The number of urea groups is 2. The van der Waals surface area contributed by atoms with Gasteiger partial charge >= 0.3 is 18.1 Å². The van der Waals surface area contributed by atoms with Gasteiger partial charge in [-0.3, -0.25) is 9.56 Å². The molecule has 2 saturated heterocycles. The number of likely N-dealkylation sites (tertiary alicyclic amines) is 2. The second-order valence-electron chi connectivity index (χ2n) is 14.4. The monoisotopic (exact) mass is 780 g/mol. The van der Waals surface area contributed by atoms with Gasteiger partial charge in [-0.2, -0.15) is 0 Å². The van der Waals surface area contributed by atoms with Crippen LogP contribution in [0, 0.1) is 5.92 Å². The molecule has 8 rings (SSSR count). The van der Waals surface area contributed by atoms with Gasteiger partial charge in [-0.1, -0.05) is 60.7 Å². The Kier molecular flexibility index (Phi) is 12.6. The highest BCUT2D eigenvalue weighted by Crippen LogP contribution is 2.31. The van der Waals surface area contributed by atoms with E-state index in [1.807, 2.05) is 84.2 Å². The molecule has 0 radical (unpaired) electrons. The quantitative estimate of drug-likeness (QED) is 0.185. The molecule has 3 aliphatic heterocycles. The zero-order valence-corrected chi connectivity index (χ0v) is 33.0. The van der Waals surface area contributed by atoms with Gasteiger partial charge in [-0.25, -0.2) is 39.3 Å². The Balaban J connectivity index is 0.000000178. The molecular formula is C43H48N12O3. The van der Waals surface area contributed by atoms with Gasteiger partial charge in [0.25, 0.3) is 0 Å². The van der Waals surface area contributed by atoms with E-state index < -0.39 is 0 Å². The summed E-state index contributed by atoms with van der Waals surface area (Å²) in [4.78, 5) is 67.5. The van der Waals surface area contributed by atoms with Gasteiger partial charge in [0.05, 0.1) is 5.69 Å². The highest BCUT2D eigenvalue weighted by atomic mass is 16.2. The summed E-state index contributed by atoms with van der Waals surface area (Å²) in [5.41, 5.74) is 6.60. The van der Waals surface area contributed by atoms with E-state index in [1.54, 1.807) is 44.6 Å². The Morgan fingerprint density at radius 3 is 1.66 bits per heavy atom. The van der Waals surface area contributed by atoms with E-state index >= 15 is 0 Å². The van der Waals surface area contributed by atoms with Crippen LogP contribution in [0.5, 0.6) is 0 Å². The zero-order valence-electron chi connectivity index (χ0n) is 33.0. The van der Waals surface area contributed by atoms with Gasteiger partial charge in [0.2, 0.25) is 0 Å². The maximum atomic E-state index is 12.5. The van der Waals surface area contributed by atoms with Gasteiger partial charge in [0.1, 0.15) is 5.82 Å². The second kappa shape index (κ2) is 18.4. The first-order valence-electron chi connectivity index (χ1n) is 19.6. The summed E-state index contributed by atoms with van der Waals surface area (Å²) < 4.78 is 1.53. The topological polar surface area (TPSA) is 176 Å². The number of benzene rings is 2. The number of amides is 5. The lowest BCUT2D eigenvalue weighted by Crippen LogP contribution is -2.45. The lowest BCUT2D eigenvalue weighted by Gasteiger charge is -2.32. The van der Waals surface area contributed by atoms with Gasteiger partial charge < -0.3 is 25.8 Å². The zero-order chi connectivity index (χ0) is 40.4. The SMILES string of the molecule is CNC(=O)N1CCCC(C2=NC=C(c3cnc(-c4ccccc4)nc3)C2)C1.CNC(=O)N1CCCC(c2nc(-c3cnc(-c4ccccc4)nc3)cn2C(=O)NC)C1. The summed E-state index contributed by atoms with van der Waals surface area (Å²) in [6, 6.07) is 19.3. The minimum Gasteiger partial charge on any atom is -0.341 e. The summed E-state index contributed by atoms with van der Waals surface area (Å²) in [6.07, 6.45) is 15.4. The standard InChI is InChI=1S/C22H25N7O2.C21H23N5O/c1-23-21(30)28-10-6-9-16(13-28)20-27-18(14-29(20)22(31)24-2)17-11-25-19(26-12-17)15-7-4-3-5-8-15;1-22-21(27)26-9-5-8-16(14-26)19-10-17(11-23-19)18-12-24-20(25-13-18)15-6-3-2-4-7-15/h3-5,7-8,11-12,14,16H,6,9-10,13H2,1-2H3,(H,23,30)(H,24,31);2-4,6-7,11-13,16H,5,8-10,14H2,1H3,(H,22,27). The van der Waals surface area contributed by atoms with Crippen molar-refractivity contribution in [3.8, 4) is 34.0 Å². The van der Waals surface area contributed by atoms with Crippen LogP contribution in [0.3, 0.4) is 0 Å². The average Bonchev–Trinajstić information content (AvgIpc) is 3.99. The minimum absolute atomic E-state index is 0.00335. The molecule has 15 heteroatoms. The van der Waals surface area contributed by atoms with Crippen LogP contribution in [0.15, 0.2) is 103 Å². The molecule has 0 spiro atoms. The molecule has 3 aliphatic rings. The van der Waals surface area contributed by atoms with Gasteiger partial charge in [-0.15, -0.1) is 0 Å². The Morgan fingerprint density at radius 1 is 0.621 bits per heavy atom. The third kappa shape index (κ3) is 9.09. The molecule has 298 valence electrons. The number of allylic oxidation sites excluding steroid dienone is 1. The molecule has 0 aliphatic carbocycles. The molecule has 2 aromatic carbocycles. The number of hydrogen-bond donors (Lipinski definition) is 3. The van der Waals surface area contributed by atoms with Crippen molar-refractivity contribution in [3.63, 3.8) is 0 Å². The van der Waals surface area contributed by atoms with Crippen molar-refractivity contribution in [3.05, 3.63) is 109 Å². The minimum atomic E-state index is -0.271. The number of nitrogens with one attached hydrogen (secondary N) is 3. The molecule has 6 heterocycles. The predicted molar refractivity (Wildman–Crippen MR) is 223 cm³/mol. The summed E-state index contributed by atoms with van der Waals surface area (Å²) in [5, 5.41) is 8.05. The molecule has 3 aromatic heterocycles. The summed E-state index contributed by atoms with van der Waals surface area (Å²) in [5.74, 6) is 2.28. The first kappa shape index (κ1) is 39.5. The smallest absolute Gasteiger partial charge is 0.326 e. The third-order valence-electron chi connectivity index (χ3n) is 10.6. The van der Waals surface area contributed by atoms with Crippen LogP contribution in [0.1, 0.15) is 49.4 Å². The Morgan fingerprint density at radius 2 is 1.12 bits per heavy atom. The Bertz CT molecular complexity index is 2260. The van der Waals surface area contributed by atoms with Gasteiger partial charge in [-0.05, 0) is 31.3 Å². The van der Waals surface area contributed by atoms with Crippen LogP contribution in [0.4, 0.5) is 14.4 Å². The van der Waals surface area contributed by atoms with Crippen molar-refractivity contribution in [1.29, 1.82) is 0 Å². The number of imidazole rings is 1. The molecule has 58 heavy (non-hydrogen) atoms. The fraction of sp³-hybridized carbons (Fsp3) is 0.326. The maximum Gasteiger partial charge on any atom is 0.326 e. The van der Waals surface area contributed by atoms with Crippen LogP contribution < -0.4 is 16.0 Å². The van der Waals surface area contributed by atoms with Crippen LogP contribution in [-0.4, -0.2) is 110 Å². The molecule has 2 unspecified atom stereocenters. The molecule has 5 amide bonds. The summed E-state index contributed by atoms with van der Waals surface area (Å²) in [7, 11) is 4.88. The lowest BCUT2D eigenvalue weighted by atomic mass is 9.90. The van der Waals surface area contributed by atoms with Crippen molar-refractivity contribution in [2.75, 3.05) is 47.3 Å². The van der Waals surface area contributed by atoms with E-state index in [9.17, 15) is 14.4 Å². The molecule has 2 fully saturated rings. The number of piperidine rings is 2. The number of aliphatic imine (C=N–C) groups is 1. The Hall–Kier alpha value is -6.77. The fourth-order valence-electron chi connectivity index (χ4n) is 7.53.